The molecule has 3 amide bonds. The van der Waals surface area contributed by atoms with E-state index in [-0.39, 0.29) is 17.9 Å². The fourth-order valence-corrected chi connectivity index (χ4v) is 6.51. The Balaban J connectivity index is 1.58. The molecule has 152 valence electrons. The quantitative estimate of drug-likeness (QED) is 0.651. The molecule has 4 aliphatic rings. The zero-order valence-corrected chi connectivity index (χ0v) is 17.4. The third-order valence-electron chi connectivity index (χ3n) is 7.05. The van der Waals surface area contributed by atoms with E-state index in [1.54, 1.807) is 18.2 Å². The van der Waals surface area contributed by atoms with Crippen LogP contribution in [0.4, 0.5) is 15.8 Å². The van der Waals surface area contributed by atoms with Gasteiger partial charge in [0.15, 0.2) is 0 Å². The second-order valence-corrected chi connectivity index (χ2v) is 9.13. The lowest BCUT2D eigenvalue weighted by atomic mass is 9.75. The van der Waals surface area contributed by atoms with Crippen LogP contribution in [0.25, 0.3) is 0 Å². The summed E-state index contributed by atoms with van der Waals surface area (Å²) < 4.78 is 14.9. The molecule has 2 aromatic carbocycles. The van der Waals surface area contributed by atoms with E-state index in [0.29, 0.717) is 28.0 Å². The Kier molecular flexibility index (Phi) is 3.63. The Morgan fingerprint density at radius 2 is 1.90 bits per heavy atom. The minimum atomic E-state index is -1.36. The van der Waals surface area contributed by atoms with E-state index in [4.69, 9.17) is 0 Å². The Morgan fingerprint density at radius 1 is 1.10 bits per heavy atom. The largest absolute Gasteiger partial charge is 0.324 e. The van der Waals surface area contributed by atoms with Crippen LogP contribution in [-0.4, -0.2) is 35.2 Å². The fraction of sp³-hybridized carbons (Fsp3) is 0.318. The summed E-state index contributed by atoms with van der Waals surface area (Å²) in [5.41, 5.74) is 0.0835. The first-order valence-electron chi connectivity index (χ1n) is 9.97. The van der Waals surface area contributed by atoms with Gasteiger partial charge in [0.05, 0.1) is 17.5 Å². The van der Waals surface area contributed by atoms with Gasteiger partial charge in [0.1, 0.15) is 11.4 Å². The smallest absolute Gasteiger partial charge is 0.250 e. The van der Waals surface area contributed by atoms with Crippen LogP contribution in [0.3, 0.4) is 0 Å². The Morgan fingerprint density at radius 3 is 2.70 bits per heavy atom. The van der Waals surface area contributed by atoms with Crippen LogP contribution in [-0.2, 0) is 19.9 Å². The number of anilines is 2. The second kappa shape index (κ2) is 5.98. The van der Waals surface area contributed by atoms with E-state index in [9.17, 15) is 18.8 Å². The van der Waals surface area contributed by atoms with Crippen molar-refractivity contribution in [3.05, 3.63) is 58.3 Å². The molecular weight excluding hydrogens is 453 g/mol. The maximum Gasteiger partial charge on any atom is 0.250 e. The van der Waals surface area contributed by atoms with E-state index in [2.05, 4.69) is 21.2 Å². The Hall–Kier alpha value is -2.58. The molecule has 4 atom stereocenters. The highest BCUT2D eigenvalue weighted by molar-refractivity contribution is 9.10. The van der Waals surface area contributed by atoms with E-state index in [0.717, 1.165) is 12.8 Å². The highest BCUT2D eigenvalue weighted by Gasteiger charge is 2.74. The van der Waals surface area contributed by atoms with Crippen molar-refractivity contribution in [2.24, 2.45) is 11.8 Å². The number of benzene rings is 2. The molecule has 1 N–H and O–H groups in total. The zero-order valence-electron chi connectivity index (χ0n) is 15.8. The van der Waals surface area contributed by atoms with Crippen molar-refractivity contribution in [2.75, 3.05) is 16.8 Å². The predicted octanol–water partition coefficient (Wildman–Crippen LogP) is 3.02. The topological polar surface area (TPSA) is 69.7 Å². The number of nitrogens with zero attached hydrogens (tertiary/aromatic N) is 2. The van der Waals surface area contributed by atoms with Gasteiger partial charge in [-0.25, -0.2) is 9.29 Å². The molecule has 0 aromatic heterocycles. The molecule has 0 unspecified atom stereocenters. The lowest BCUT2D eigenvalue weighted by molar-refractivity contribution is -0.135. The molecular formula is C22H17BrFN3O3. The summed E-state index contributed by atoms with van der Waals surface area (Å²) in [7, 11) is 0. The number of halogens is 2. The summed E-state index contributed by atoms with van der Waals surface area (Å²) in [5, 5.41) is 2.85. The highest BCUT2D eigenvalue weighted by Crippen LogP contribution is 2.60. The SMILES string of the molecule is O=C1[C@H]2[C@H]3CCCN3[C@@]3(C(=O)Nc4ccc(F)cc43)[C@H]2C(=O)N1c1ccccc1Br. The molecule has 3 saturated heterocycles. The van der Waals surface area contributed by atoms with Gasteiger partial charge in [-0.2, -0.15) is 0 Å². The van der Waals surface area contributed by atoms with Gasteiger partial charge in [0.25, 0.3) is 0 Å². The molecule has 6 nitrogen and oxygen atoms in total. The molecule has 0 aliphatic carbocycles. The molecule has 3 fully saturated rings. The van der Waals surface area contributed by atoms with E-state index < -0.39 is 29.1 Å². The summed E-state index contributed by atoms with van der Waals surface area (Å²) in [4.78, 5) is 44.0. The predicted molar refractivity (Wildman–Crippen MR) is 110 cm³/mol. The van der Waals surface area contributed by atoms with Gasteiger partial charge in [0, 0.05) is 21.8 Å². The lowest BCUT2D eigenvalue weighted by Gasteiger charge is -2.36. The molecule has 0 saturated carbocycles. The Labute approximate surface area is 180 Å². The third kappa shape index (κ3) is 1.98. The van der Waals surface area contributed by atoms with Crippen molar-refractivity contribution < 1.29 is 18.8 Å². The number of para-hydroxylation sites is 1. The van der Waals surface area contributed by atoms with E-state index >= 15 is 0 Å². The number of hydrogen-bond acceptors (Lipinski definition) is 4. The summed E-state index contributed by atoms with van der Waals surface area (Å²) in [6.07, 6.45) is 1.55. The van der Waals surface area contributed by atoms with Gasteiger partial charge in [-0.05, 0) is 65.6 Å². The molecule has 30 heavy (non-hydrogen) atoms. The van der Waals surface area contributed by atoms with E-state index in [1.807, 2.05) is 11.0 Å². The molecule has 4 aliphatic heterocycles. The number of nitrogens with one attached hydrogen (secondary N) is 1. The maximum absolute atomic E-state index is 14.3. The minimum absolute atomic E-state index is 0.223. The maximum atomic E-state index is 14.3. The average molecular weight is 470 g/mol. The third-order valence-corrected chi connectivity index (χ3v) is 7.72. The van der Waals surface area contributed by atoms with Crippen molar-refractivity contribution in [1.29, 1.82) is 0 Å². The number of carbonyl (C=O) groups is 3. The molecule has 1 spiro atoms. The standard InChI is InChI=1S/C22H17BrFN3O3/c23-13-4-1-2-5-15(13)27-19(28)17-16-6-3-9-26(16)22(18(17)20(27)29)12-10-11(24)7-8-14(12)25-21(22)30/h1-2,4-5,7-8,10,16-18H,3,6,9H2,(H,25,30)/t16-,17+,18-,22-/m1/s1. The van der Waals surface area contributed by atoms with Crippen molar-refractivity contribution >= 4 is 45.0 Å². The summed E-state index contributed by atoms with van der Waals surface area (Å²) in [5.74, 6) is -3.03. The first-order valence-corrected chi connectivity index (χ1v) is 10.8. The highest BCUT2D eigenvalue weighted by atomic mass is 79.9. The molecule has 2 aromatic rings. The fourth-order valence-electron chi connectivity index (χ4n) is 6.05. The summed E-state index contributed by atoms with van der Waals surface area (Å²) in [6, 6.07) is 11.0. The van der Waals surface area contributed by atoms with Gasteiger partial charge in [-0.1, -0.05) is 12.1 Å². The van der Waals surface area contributed by atoms with Crippen LogP contribution in [0.1, 0.15) is 18.4 Å². The minimum Gasteiger partial charge on any atom is -0.324 e. The van der Waals surface area contributed by atoms with Crippen LogP contribution < -0.4 is 10.2 Å². The molecule has 4 heterocycles. The van der Waals surface area contributed by atoms with Crippen molar-refractivity contribution in [3.8, 4) is 0 Å². The summed E-state index contributed by atoms with van der Waals surface area (Å²) >= 11 is 3.43. The van der Waals surface area contributed by atoms with Gasteiger partial charge in [-0.3, -0.25) is 19.3 Å². The normalized spacial score (nSPS) is 32.0. The van der Waals surface area contributed by atoms with Gasteiger partial charge >= 0.3 is 0 Å². The second-order valence-electron chi connectivity index (χ2n) is 8.28. The van der Waals surface area contributed by atoms with E-state index in [1.165, 1.54) is 23.1 Å². The zero-order chi connectivity index (χ0) is 20.8. The number of imide groups is 1. The number of carbonyl (C=O) groups excluding carboxylic acids is 3. The monoisotopic (exact) mass is 469 g/mol. The first kappa shape index (κ1) is 18.2. The number of amides is 3. The summed E-state index contributed by atoms with van der Waals surface area (Å²) in [6.45, 7) is 0.594. The van der Waals surface area contributed by atoms with Gasteiger partial charge in [0.2, 0.25) is 17.7 Å². The molecule has 8 heteroatoms. The first-order chi connectivity index (χ1) is 14.5. The van der Waals surface area contributed by atoms with Gasteiger partial charge < -0.3 is 5.32 Å². The van der Waals surface area contributed by atoms with Crippen molar-refractivity contribution in [2.45, 2.75) is 24.4 Å². The molecule has 6 rings (SSSR count). The van der Waals surface area contributed by atoms with Crippen LogP contribution in [0.2, 0.25) is 0 Å². The van der Waals surface area contributed by atoms with Crippen molar-refractivity contribution in [3.63, 3.8) is 0 Å². The van der Waals surface area contributed by atoms with Crippen LogP contribution >= 0.6 is 15.9 Å². The number of rotatable bonds is 1. The van der Waals surface area contributed by atoms with Crippen LogP contribution in [0.5, 0.6) is 0 Å². The number of hydrogen-bond donors (Lipinski definition) is 1. The average Bonchev–Trinajstić information content (AvgIpc) is 3.42. The van der Waals surface area contributed by atoms with Crippen LogP contribution in [0.15, 0.2) is 46.9 Å². The van der Waals surface area contributed by atoms with Crippen LogP contribution in [0, 0.1) is 17.7 Å². The molecule has 0 radical (unpaired) electrons. The lowest BCUT2D eigenvalue weighted by Crippen LogP contribution is -2.54. The molecule has 0 bridgehead atoms. The Bertz CT molecular complexity index is 1150. The number of fused-ring (bicyclic) bond motifs is 7. The van der Waals surface area contributed by atoms with Gasteiger partial charge in [-0.15, -0.1) is 0 Å². The van der Waals surface area contributed by atoms with Crippen molar-refractivity contribution in [1.82, 2.24) is 4.90 Å².